The van der Waals surface area contributed by atoms with Gasteiger partial charge in [0, 0.05) is 10.0 Å². The maximum Gasteiger partial charge on any atom is 0.416 e. The minimum absolute atomic E-state index is 0.0484. The van der Waals surface area contributed by atoms with E-state index in [0.717, 1.165) is 24.3 Å². The van der Waals surface area contributed by atoms with E-state index in [-0.39, 0.29) is 5.75 Å². The summed E-state index contributed by atoms with van der Waals surface area (Å²) in [6, 6.07) is 16.0. The van der Waals surface area contributed by atoms with E-state index in [1.165, 1.54) is 30.3 Å². The van der Waals surface area contributed by atoms with Crippen LogP contribution in [0.2, 0.25) is 0 Å². The normalized spacial score (nSPS) is 11.5. The fraction of sp³-hybridized carbons (Fsp3) is 0.100. The van der Waals surface area contributed by atoms with Crippen LogP contribution >= 0.6 is 15.9 Å². The van der Waals surface area contributed by atoms with E-state index in [9.17, 15) is 31.4 Å². The highest BCUT2D eigenvalue weighted by Gasteiger charge is 2.30. The van der Waals surface area contributed by atoms with Crippen LogP contribution < -0.4 is 0 Å². The molecule has 1 N–H and O–H groups in total. The number of para-hydroxylation sites is 1. The summed E-state index contributed by atoms with van der Waals surface area (Å²) in [6.45, 7) is 0. The van der Waals surface area contributed by atoms with Gasteiger partial charge in [0.05, 0.1) is 11.1 Å². The molecular formula is C20H13BrF6O. The Morgan fingerprint density at radius 2 is 1.04 bits per heavy atom. The monoisotopic (exact) mass is 462 g/mol. The predicted octanol–water partition coefficient (Wildman–Crippen LogP) is 7.55. The van der Waals surface area contributed by atoms with Gasteiger partial charge in [0.15, 0.2) is 0 Å². The summed E-state index contributed by atoms with van der Waals surface area (Å²) in [5, 5.41) is 9.57. The third kappa shape index (κ3) is 6.02. The zero-order valence-corrected chi connectivity index (χ0v) is 15.6. The molecule has 0 aromatic heterocycles. The molecule has 3 aromatic carbocycles. The second-order valence-electron chi connectivity index (χ2n) is 5.60. The Kier molecular flexibility index (Phi) is 6.77. The lowest BCUT2D eigenvalue weighted by molar-refractivity contribution is -0.138. The van der Waals surface area contributed by atoms with Crippen LogP contribution in [0.15, 0.2) is 77.3 Å². The molecule has 0 amide bonds. The summed E-state index contributed by atoms with van der Waals surface area (Å²) >= 11 is 3.04. The number of halogens is 7. The zero-order chi connectivity index (χ0) is 20.9. The molecule has 0 spiro atoms. The molecule has 3 aromatic rings. The van der Waals surface area contributed by atoms with Crippen LogP contribution in [0.4, 0.5) is 26.3 Å². The molecule has 0 aliphatic carbocycles. The fourth-order valence-electron chi connectivity index (χ4n) is 2.20. The first-order chi connectivity index (χ1) is 13.0. The molecule has 0 saturated carbocycles. The Morgan fingerprint density at radius 1 is 0.607 bits per heavy atom. The molecule has 0 fully saturated rings. The van der Waals surface area contributed by atoms with E-state index in [4.69, 9.17) is 0 Å². The predicted molar refractivity (Wildman–Crippen MR) is 97.7 cm³/mol. The van der Waals surface area contributed by atoms with Crippen LogP contribution in [0.5, 0.6) is 5.75 Å². The number of hydrogen-bond acceptors (Lipinski definition) is 1. The number of aromatic hydroxyl groups is 1. The van der Waals surface area contributed by atoms with E-state index in [1.807, 2.05) is 0 Å². The van der Waals surface area contributed by atoms with E-state index in [0.29, 0.717) is 15.6 Å². The van der Waals surface area contributed by atoms with Crippen molar-refractivity contribution in [3.05, 3.63) is 88.4 Å². The number of hydrogen-bond donors (Lipinski definition) is 1. The quantitative estimate of drug-likeness (QED) is 0.370. The number of phenols is 1. The molecule has 148 valence electrons. The molecule has 28 heavy (non-hydrogen) atoms. The first-order valence-corrected chi connectivity index (χ1v) is 8.56. The summed E-state index contributed by atoms with van der Waals surface area (Å²) in [7, 11) is 0. The van der Waals surface area contributed by atoms with Crippen molar-refractivity contribution in [2.75, 3.05) is 0 Å². The van der Waals surface area contributed by atoms with Crippen molar-refractivity contribution in [3.8, 4) is 16.9 Å². The van der Waals surface area contributed by atoms with Gasteiger partial charge in [-0.2, -0.15) is 26.3 Å². The minimum Gasteiger partial charge on any atom is -0.507 e. The second-order valence-corrected chi connectivity index (χ2v) is 6.51. The first kappa shape index (κ1) is 21.8. The van der Waals surface area contributed by atoms with Gasteiger partial charge in [0.1, 0.15) is 5.75 Å². The average Bonchev–Trinajstić information content (AvgIpc) is 2.62. The maximum absolute atomic E-state index is 12.4. The Balaban J connectivity index is 0.000000221. The topological polar surface area (TPSA) is 20.2 Å². The van der Waals surface area contributed by atoms with E-state index < -0.39 is 23.5 Å². The fourth-order valence-corrected chi connectivity index (χ4v) is 2.46. The molecule has 0 aliphatic rings. The lowest BCUT2D eigenvalue weighted by Gasteiger charge is -2.08. The number of benzene rings is 3. The van der Waals surface area contributed by atoms with Crippen LogP contribution in [0.3, 0.4) is 0 Å². The number of alkyl halides is 6. The zero-order valence-electron chi connectivity index (χ0n) is 14.0. The average molecular weight is 463 g/mol. The highest BCUT2D eigenvalue weighted by atomic mass is 79.9. The van der Waals surface area contributed by atoms with Crippen LogP contribution in [-0.2, 0) is 12.4 Å². The smallest absolute Gasteiger partial charge is 0.416 e. The van der Waals surface area contributed by atoms with Crippen molar-refractivity contribution in [2.24, 2.45) is 0 Å². The minimum atomic E-state index is -4.34. The van der Waals surface area contributed by atoms with Gasteiger partial charge in [-0.25, -0.2) is 0 Å². The molecule has 0 unspecified atom stereocenters. The number of phenolic OH excluding ortho intramolecular Hbond substituents is 1. The molecule has 0 aliphatic heterocycles. The second kappa shape index (κ2) is 8.68. The summed E-state index contributed by atoms with van der Waals surface area (Å²) in [5.74, 6) is 0.0484. The molecule has 0 heterocycles. The third-order valence-electron chi connectivity index (χ3n) is 3.60. The maximum atomic E-state index is 12.4. The van der Waals surface area contributed by atoms with Gasteiger partial charge in [-0.05, 0) is 48.0 Å². The molecule has 0 saturated heterocycles. The van der Waals surface area contributed by atoms with Gasteiger partial charge in [-0.1, -0.05) is 46.3 Å². The van der Waals surface area contributed by atoms with Gasteiger partial charge in [-0.15, -0.1) is 0 Å². The van der Waals surface area contributed by atoms with Crippen LogP contribution in [0, 0.1) is 0 Å². The lowest BCUT2D eigenvalue weighted by Crippen LogP contribution is -2.03. The van der Waals surface area contributed by atoms with Gasteiger partial charge in [0.25, 0.3) is 0 Å². The van der Waals surface area contributed by atoms with Gasteiger partial charge < -0.3 is 5.11 Å². The summed E-state index contributed by atoms with van der Waals surface area (Å²) < 4.78 is 73.4. The van der Waals surface area contributed by atoms with Crippen molar-refractivity contribution in [2.45, 2.75) is 12.4 Å². The van der Waals surface area contributed by atoms with Crippen molar-refractivity contribution in [1.82, 2.24) is 0 Å². The highest BCUT2D eigenvalue weighted by molar-refractivity contribution is 9.10. The van der Waals surface area contributed by atoms with Crippen LogP contribution in [-0.4, -0.2) is 5.11 Å². The summed E-state index contributed by atoms with van der Waals surface area (Å²) in [5.41, 5.74) is -0.255. The van der Waals surface area contributed by atoms with Crippen molar-refractivity contribution in [1.29, 1.82) is 0 Å². The first-order valence-electron chi connectivity index (χ1n) is 7.77. The van der Waals surface area contributed by atoms with Crippen molar-refractivity contribution < 1.29 is 31.4 Å². The Bertz CT molecular complexity index is 900. The summed E-state index contributed by atoms with van der Waals surface area (Å²) in [4.78, 5) is 0. The Labute approximate surface area is 165 Å². The molecule has 0 atom stereocenters. The van der Waals surface area contributed by atoms with Crippen molar-refractivity contribution >= 4 is 15.9 Å². The number of rotatable bonds is 1. The SMILES string of the molecule is FC(F)(F)c1ccc(Br)cc1.Oc1ccccc1-c1ccc(C(F)(F)F)cc1. The molecular weight excluding hydrogens is 450 g/mol. The Hall–Kier alpha value is -2.48. The van der Waals surface area contributed by atoms with Crippen LogP contribution in [0.25, 0.3) is 11.1 Å². The Morgan fingerprint density at radius 3 is 1.46 bits per heavy atom. The van der Waals surface area contributed by atoms with Gasteiger partial charge in [-0.3, -0.25) is 0 Å². The molecule has 8 heteroatoms. The molecule has 3 rings (SSSR count). The van der Waals surface area contributed by atoms with Gasteiger partial charge in [0.2, 0.25) is 0 Å². The van der Waals surface area contributed by atoms with E-state index >= 15 is 0 Å². The van der Waals surface area contributed by atoms with E-state index in [2.05, 4.69) is 15.9 Å². The third-order valence-corrected chi connectivity index (χ3v) is 4.13. The van der Waals surface area contributed by atoms with Gasteiger partial charge >= 0.3 is 12.4 Å². The van der Waals surface area contributed by atoms with Crippen molar-refractivity contribution in [3.63, 3.8) is 0 Å². The highest BCUT2D eigenvalue weighted by Crippen LogP contribution is 2.33. The van der Waals surface area contributed by atoms with Crippen LogP contribution in [0.1, 0.15) is 11.1 Å². The standard InChI is InChI=1S/C13H9F3O.C7H4BrF3/c14-13(15,16)10-7-5-9(6-8-10)11-3-1-2-4-12(11)17;8-6-3-1-5(2-4-6)7(9,10)11/h1-8,17H;1-4H. The molecule has 0 bridgehead atoms. The molecule has 1 nitrogen and oxygen atoms in total. The largest absolute Gasteiger partial charge is 0.507 e. The molecule has 0 radical (unpaired) electrons. The lowest BCUT2D eigenvalue weighted by atomic mass is 10.0. The van der Waals surface area contributed by atoms with E-state index in [1.54, 1.807) is 18.2 Å². The summed E-state index contributed by atoms with van der Waals surface area (Å²) in [6.07, 6.45) is -8.57.